The van der Waals surface area contributed by atoms with Crippen molar-refractivity contribution in [1.29, 1.82) is 0 Å². The summed E-state index contributed by atoms with van der Waals surface area (Å²) in [6.45, 7) is 13.8. The average molecular weight is 968 g/mol. The summed E-state index contributed by atoms with van der Waals surface area (Å²) in [5.74, 6) is -2.60. The number of hydrogen-bond acceptors (Lipinski definition) is 15. The van der Waals surface area contributed by atoms with Gasteiger partial charge in [0.2, 0.25) is 35.4 Å². The first-order valence-corrected chi connectivity index (χ1v) is 23.6. The number of hydrogen-bond donors (Lipinski definition) is 6. The number of imide groups is 1. The van der Waals surface area contributed by atoms with Crippen LogP contribution in [-0.4, -0.2) is 184 Å². The molecule has 22 nitrogen and oxygen atoms in total. The van der Waals surface area contributed by atoms with Crippen LogP contribution in [0.2, 0.25) is 0 Å². The molecular weight excluding hydrogens is 891 g/mol. The van der Waals surface area contributed by atoms with E-state index in [1.807, 2.05) is 19.1 Å². The molecule has 386 valence electrons. The first kappa shape index (κ1) is 59.3. The number of aryl methyl sites for hydroxylation is 1. The van der Waals surface area contributed by atoms with Crippen molar-refractivity contribution in [3.8, 4) is 0 Å². The van der Waals surface area contributed by atoms with Gasteiger partial charge in [-0.15, -0.1) is 0 Å². The molecule has 0 aliphatic carbocycles. The molecule has 1 saturated heterocycles. The monoisotopic (exact) mass is 968 g/mol. The highest BCUT2D eigenvalue weighted by Gasteiger charge is 2.35. The summed E-state index contributed by atoms with van der Waals surface area (Å²) in [6.07, 6.45) is 1.75. The lowest BCUT2D eigenvalue weighted by Crippen LogP contribution is -2.54. The second-order valence-corrected chi connectivity index (χ2v) is 16.1. The van der Waals surface area contributed by atoms with Gasteiger partial charge in [0.05, 0.1) is 106 Å². The lowest BCUT2D eigenvalue weighted by atomic mass is 10.0. The summed E-state index contributed by atoms with van der Waals surface area (Å²) in [5.41, 5.74) is 6.85. The van der Waals surface area contributed by atoms with Gasteiger partial charge in [0, 0.05) is 50.5 Å². The molecule has 0 bridgehead atoms. The highest BCUT2D eigenvalue weighted by atomic mass is 16.6. The van der Waals surface area contributed by atoms with Crippen molar-refractivity contribution in [1.82, 2.24) is 26.2 Å². The lowest BCUT2D eigenvalue weighted by molar-refractivity contribution is -0.139. The minimum absolute atomic E-state index is 0.0231. The summed E-state index contributed by atoms with van der Waals surface area (Å²) < 4.78 is 43.9. The molecule has 1 aromatic rings. The van der Waals surface area contributed by atoms with Crippen LogP contribution in [0.4, 0.5) is 10.5 Å². The van der Waals surface area contributed by atoms with Gasteiger partial charge in [-0.2, -0.15) is 0 Å². The molecule has 8 amide bonds. The largest absolute Gasteiger partial charge is 0.379 e. The quantitative estimate of drug-likeness (QED) is 0.0389. The van der Waals surface area contributed by atoms with Gasteiger partial charge < -0.3 is 70.2 Å². The Morgan fingerprint density at radius 2 is 1.15 bits per heavy atom. The summed E-state index contributed by atoms with van der Waals surface area (Å²) in [4.78, 5) is 87.2. The zero-order valence-corrected chi connectivity index (χ0v) is 40.4. The molecule has 1 aliphatic heterocycles. The Morgan fingerprint density at radius 3 is 1.60 bits per heavy atom. The Balaban J connectivity index is 1.38. The van der Waals surface area contributed by atoms with Crippen LogP contribution in [0.5, 0.6) is 0 Å². The third kappa shape index (κ3) is 27.9. The molecule has 1 heterocycles. The van der Waals surface area contributed by atoms with Crippen molar-refractivity contribution in [3.05, 3.63) is 29.8 Å². The predicted octanol–water partition coefficient (Wildman–Crippen LogP) is 0.686. The number of likely N-dealkylation sites (tertiary alicyclic amines) is 1. The van der Waals surface area contributed by atoms with Crippen LogP contribution in [0.1, 0.15) is 65.4 Å². The van der Waals surface area contributed by atoms with Crippen molar-refractivity contribution >= 4 is 47.2 Å². The number of urea groups is 1. The number of nitrogens with one attached hydrogen (secondary N) is 5. The minimum atomic E-state index is -0.928. The lowest BCUT2D eigenvalue weighted by Gasteiger charge is -2.25. The maximum Gasteiger partial charge on any atom is 0.312 e. The van der Waals surface area contributed by atoms with Crippen LogP contribution < -0.4 is 32.3 Å². The van der Waals surface area contributed by atoms with Crippen molar-refractivity contribution in [2.75, 3.05) is 131 Å². The standard InChI is InChI=1S/C46H77N7O15/c1-5-36-8-10-37(11-9-36)50-43(57)38(7-6-14-49-46(47)60)51-44(58)42(34(2)3)52-40(55)13-17-61-19-21-63-23-25-65-27-29-67-31-32-68-30-28-66-26-24-64-22-20-62-18-15-48-39(54)12-16-53-41(56)33-35(4)45(53)59/h8-11,34-35,38,42H,5-7,12-33H2,1-4H3,(H,48,54)(H,50,57)(H,51,58)(H,52,55)(H3,47,49,60)/t35?,38-,42-/m0/s1. The Kier molecular flexibility index (Phi) is 32.4. The third-order valence-electron chi connectivity index (χ3n) is 10.2. The Hall–Kier alpha value is -4.81. The number of rotatable bonds is 41. The fraction of sp³-hybridized carbons (Fsp3) is 0.717. The van der Waals surface area contributed by atoms with Gasteiger partial charge in [-0.25, -0.2) is 4.79 Å². The van der Waals surface area contributed by atoms with E-state index >= 15 is 0 Å². The van der Waals surface area contributed by atoms with Crippen LogP contribution in [0, 0.1) is 11.8 Å². The second-order valence-electron chi connectivity index (χ2n) is 16.1. The van der Waals surface area contributed by atoms with E-state index in [0.29, 0.717) is 111 Å². The van der Waals surface area contributed by atoms with Crippen molar-refractivity contribution < 1.29 is 71.5 Å². The van der Waals surface area contributed by atoms with Crippen molar-refractivity contribution in [3.63, 3.8) is 0 Å². The van der Waals surface area contributed by atoms with Gasteiger partial charge >= 0.3 is 6.03 Å². The predicted molar refractivity (Wildman–Crippen MR) is 249 cm³/mol. The number of benzene rings is 1. The normalized spacial score (nSPS) is 14.5. The molecule has 0 radical (unpaired) electrons. The zero-order valence-electron chi connectivity index (χ0n) is 40.4. The van der Waals surface area contributed by atoms with Gasteiger partial charge in [0.1, 0.15) is 12.1 Å². The molecule has 0 saturated carbocycles. The van der Waals surface area contributed by atoms with E-state index in [-0.39, 0.29) is 87.5 Å². The molecule has 3 atom stereocenters. The van der Waals surface area contributed by atoms with Gasteiger partial charge in [-0.05, 0) is 42.9 Å². The molecule has 0 aromatic heterocycles. The molecule has 2 rings (SSSR count). The summed E-state index contributed by atoms with van der Waals surface area (Å²) in [5, 5.41) is 13.5. The zero-order chi connectivity index (χ0) is 49.8. The van der Waals surface area contributed by atoms with E-state index in [9.17, 15) is 33.6 Å². The third-order valence-corrected chi connectivity index (χ3v) is 10.2. The van der Waals surface area contributed by atoms with Gasteiger partial charge in [0.25, 0.3) is 0 Å². The van der Waals surface area contributed by atoms with Crippen molar-refractivity contribution in [2.45, 2.75) is 78.3 Å². The van der Waals surface area contributed by atoms with E-state index < -0.39 is 29.9 Å². The van der Waals surface area contributed by atoms with Crippen LogP contribution >= 0.6 is 0 Å². The maximum absolute atomic E-state index is 13.4. The first-order chi connectivity index (χ1) is 32.8. The molecule has 1 unspecified atom stereocenters. The van der Waals surface area contributed by atoms with Crippen LogP contribution in [0.25, 0.3) is 0 Å². The molecule has 22 heteroatoms. The number of amides is 8. The number of anilines is 1. The van der Waals surface area contributed by atoms with E-state index in [0.717, 1.165) is 16.9 Å². The molecule has 1 fully saturated rings. The Bertz CT molecular complexity index is 1620. The van der Waals surface area contributed by atoms with E-state index in [1.165, 1.54) is 0 Å². The maximum atomic E-state index is 13.4. The summed E-state index contributed by atoms with van der Waals surface area (Å²) in [7, 11) is 0. The molecule has 68 heavy (non-hydrogen) atoms. The Morgan fingerprint density at radius 1 is 0.647 bits per heavy atom. The van der Waals surface area contributed by atoms with Crippen LogP contribution in [0.15, 0.2) is 24.3 Å². The smallest absolute Gasteiger partial charge is 0.312 e. The molecule has 7 N–H and O–H groups in total. The summed E-state index contributed by atoms with van der Waals surface area (Å²) >= 11 is 0. The van der Waals surface area contributed by atoms with Gasteiger partial charge in [0.15, 0.2) is 0 Å². The SMILES string of the molecule is CCc1ccc(NC(=O)[C@H](CCCNC(N)=O)NC(=O)[C@@H](NC(=O)CCOCCOCCOCCOCCOCCOCCOCCOCCNC(=O)CCN2C(=O)CC(C)C2=O)C(C)C)cc1. The van der Waals surface area contributed by atoms with E-state index in [2.05, 4.69) is 26.6 Å². The van der Waals surface area contributed by atoms with Crippen LogP contribution in [-0.2, 0) is 73.1 Å². The molecule has 1 aromatic carbocycles. The fourth-order valence-corrected chi connectivity index (χ4v) is 6.34. The fourth-order valence-electron chi connectivity index (χ4n) is 6.34. The van der Waals surface area contributed by atoms with Crippen LogP contribution in [0.3, 0.4) is 0 Å². The summed E-state index contributed by atoms with van der Waals surface area (Å²) in [6, 6.07) is 4.90. The van der Waals surface area contributed by atoms with Gasteiger partial charge in [-0.3, -0.25) is 33.7 Å². The molecular formula is C46H77N7O15. The highest BCUT2D eigenvalue weighted by molar-refractivity contribution is 6.03. The number of carbonyl (C=O) groups is 7. The van der Waals surface area contributed by atoms with E-state index in [1.54, 1.807) is 32.9 Å². The first-order valence-electron chi connectivity index (χ1n) is 23.6. The molecule has 0 spiro atoms. The second kappa shape index (κ2) is 37.1. The van der Waals surface area contributed by atoms with Crippen molar-refractivity contribution in [2.24, 2.45) is 17.6 Å². The highest BCUT2D eigenvalue weighted by Crippen LogP contribution is 2.18. The number of primary amides is 1. The number of nitrogens with two attached hydrogens (primary N) is 1. The average Bonchev–Trinajstić information content (AvgIpc) is 3.56. The minimum Gasteiger partial charge on any atom is -0.379 e. The molecule has 1 aliphatic rings. The van der Waals surface area contributed by atoms with Gasteiger partial charge in [-0.1, -0.05) is 39.8 Å². The van der Waals surface area contributed by atoms with E-state index in [4.69, 9.17) is 43.6 Å². The number of carbonyl (C=O) groups excluding carboxylic acids is 7. The Labute approximate surface area is 400 Å². The topological polar surface area (TPSA) is 283 Å². The number of nitrogens with zero attached hydrogens (tertiary/aromatic N) is 1. The number of ether oxygens (including phenoxy) is 8.